The molecular formula is C42H72N2O2. The van der Waals surface area contributed by atoms with E-state index < -0.39 is 0 Å². The second-order valence-corrected chi connectivity index (χ2v) is 13.4. The van der Waals surface area contributed by atoms with Crippen LogP contribution in [0.25, 0.3) is 11.1 Å². The number of rotatable bonds is 31. The quantitative estimate of drug-likeness (QED) is 0.0769. The zero-order valence-corrected chi connectivity index (χ0v) is 30.7. The highest BCUT2D eigenvalue weighted by Crippen LogP contribution is 2.22. The van der Waals surface area contributed by atoms with Gasteiger partial charge in [0.25, 0.3) is 0 Å². The van der Waals surface area contributed by atoms with Crippen molar-refractivity contribution in [3.8, 4) is 11.1 Å². The van der Waals surface area contributed by atoms with Crippen LogP contribution in [0.1, 0.15) is 142 Å². The third kappa shape index (κ3) is 19.8. The molecule has 0 aromatic heterocycles. The van der Waals surface area contributed by atoms with Crippen LogP contribution >= 0.6 is 0 Å². The molecule has 4 heteroatoms. The Morgan fingerprint density at radius 2 is 0.761 bits per heavy atom. The molecule has 0 aliphatic heterocycles. The number of benzene rings is 2. The monoisotopic (exact) mass is 637 g/mol. The van der Waals surface area contributed by atoms with E-state index >= 15 is 0 Å². The fourth-order valence-electron chi connectivity index (χ4n) is 6.17. The van der Waals surface area contributed by atoms with Crippen LogP contribution in [0.3, 0.4) is 0 Å². The first kappa shape index (κ1) is 40.5. The third-order valence-corrected chi connectivity index (χ3v) is 9.14. The third-order valence-electron chi connectivity index (χ3n) is 9.14. The second kappa shape index (κ2) is 28.3. The maximum Gasteiger partial charge on any atom is 0.0717 e. The highest BCUT2D eigenvalue weighted by Gasteiger charge is 2.08. The normalized spacial score (nSPS) is 11.7. The average molecular weight is 637 g/mol. The van der Waals surface area contributed by atoms with Gasteiger partial charge in [0.15, 0.2) is 0 Å². The topological polar surface area (TPSA) is 24.9 Å². The SMILES string of the molecule is CCCCCCCN(CCCCC)CCOCc1cccc(-c2cccc(COCCN(CCCCC)CCCCCCC)c2)c1. The average Bonchev–Trinajstić information content (AvgIpc) is 3.08. The number of unbranched alkanes of at least 4 members (excludes halogenated alkanes) is 12. The van der Waals surface area contributed by atoms with E-state index in [1.165, 1.54) is 151 Å². The lowest BCUT2D eigenvalue weighted by atomic mass is 10.0. The van der Waals surface area contributed by atoms with Crippen molar-refractivity contribution in [2.75, 3.05) is 52.5 Å². The molecule has 0 N–H and O–H groups in total. The molecule has 2 aromatic carbocycles. The van der Waals surface area contributed by atoms with Crippen LogP contribution in [0.5, 0.6) is 0 Å². The Bertz CT molecular complexity index is 887. The molecule has 0 fully saturated rings. The van der Waals surface area contributed by atoms with Crippen LogP contribution in [0.2, 0.25) is 0 Å². The van der Waals surface area contributed by atoms with Gasteiger partial charge < -0.3 is 19.3 Å². The van der Waals surface area contributed by atoms with Crippen molar-refractivity contribution >= 4 is 0 Å². The van der Waals surface area contributed by atoms with Crippen LogP contribution in [0.15, 0.2) is 48.5 Å². The summed E-state index contributed by atoms with van der Waals surface area (Å²) >= 11 is 0. The van der Waals surface area contributed by atoms with Gasteiger partial charge >= 0.3 is 0 Å². The molecule has 0 spiro atoms. The number of nitrogens with zero attached hydrogens (tertiary/aromatic N) is 2. The van der Waals surface area contributed by atoms with Crippen molar-refractivity contribution in [3.05, 3.63) is 59.7 Å². The van der Waals surface area contributed by atoms with Gasteiger partial charge in [-0.3, -0.25) is 0 Å². The lowest BCUT2D eigenvalue weighted by Gasteiger charge is -2.22. The largest absolute Gasteiger partial charge is 0.375 e. The van der Waals surface area contributed by atoms with Crippen molar-refractivity contribution in [3.63, 3.8) is 0 Å². The van der Waals surface area contributed by atoms with Gasteiger partial charge in [-0.1, -0.05) is 141 Å². The zero-order valence-electron chi connectivity index (χ0n) is 30.7. The van der Waals surface area contributed by atoms with E-state index in [9.17, 15) is 0 Å². The Hall–Kier alpha value is -1.72. The Kier molecular flexibility index (Phi) is 24.9. The van der Waals surface area contributed by atoms with E-state index in [1.54, 1.807) is 0 Å². The molecule has 46 heavy (non-hydrogen) atoms. The van der Waals surface area contributed by atoms with Crippen LogP contribution < -0.4 is 0 Å². The molecule has 0 unspecified atom stereocenters. The maximum absolute atomic E-state index is 6.21. The summed E-state index contributed by atoms with van der Waals surface area (Å²) < 4.78 is 12.4. The first-order valence-corrected chi connectivity index (χ1v) is 19.5. The standard InChI is InChI=1S/C42H72N2O2/c1-5-9-13-15-19-29-43(27-17-11-7-3)31-33-45-37-39-23-21-25-41(35-39)42-26-22-24-40(36-42)38-46-34-32-44(28-18-12-8-4)30-20-16-14-10-6-2/h21-26,35-36H,5-20,27-34,37-38H2,1-4H3. The summed E-state index contributed by atoms with van der Waals surface area (Å²) in [7, 11) is 0. The van der Waals surface area contributed by atoms with Crippen LogP contribution in [0, 0.1) is 0 Å². The van der Waals surface area contributed by atoms with Gasteiger partial charge in [-0.05, 0) is 86.2 Å². The molecule has 0 aliphatic carbocycles. The summed E-state index contributed by atoms with van der Waals surface area (Å²) in [5, 5.41) is 0. The fraction of sp³-hybridized carbons (Fsp3) is 0.714. The molecule has 0 saturated heterocycles. The molecule has 2 aromatic rings. The van der Waals surface area contributed by atoms with Crippen molar-refractivity contribution in [2.45, 2.75) is 144 Å². The van der Waals surface area contributed by atoms with E-state index in [0.29, 0.717) is 13.2 Å². The number of ether oxygens (including phenoxy) is 2. The van der Waals surface area contributed by atoms with Crippen molar-refractivity contribution in [1.82, 2.24) is 9.80 Å². The van der Waals surface area contributed by atoms with E-state index in [2.05, 4.69) is 86.0 Å². The summed E-state index contributed by atoms with van der Waals surface area (Å²) in [6.45, 7) is 19.0. The number of hydrogen-bond donors (Lipinski definition) is 0. The van der Waals surface area contributed by atoms with Crippen molar-refractivity contribution in [1.29, 1.82) is 0 Å². The first-order chi connectivity index (χ1) is 22.7. The predicted molar refractivity (Wildman–Crippen MR) is 201 cm³/mol. The molecule has 0 radical (unpaired) electrons. The van der Waals surface area contributed by atoms with Gasteiger partial charge in [0, 0.05) is 13.1 Å². The highest BCUT2D eigenvalue weighted by atomic mass is 16.5. The van der Waals surface area contributed by atoms with Gasteiger partial charge in [0.2, 0.25) is 0 Å². The van der Waals surface area contributed by atoms with Gasteiger partial charge in [-0.2, -0.15) is 0 Å². The summed E-state index contributed by atoms with van der Waals surface area (Å²) in [5.74, 6) is 0. The van der Waals surface area contributed by atoms with Gasteiger partial charge in [-0.15, -0.1) is 0 Å². The summed E-state index contributed by atoms with van der Waals surface area (Å²) in [6.07, 6.45) is 21.3. The molecule has 2 rings (SSSR count). The minimum atomic E-state index is 0.670. The van der Waals surface area contributed by atoms with Crippen molar-refractivity contribution in [2.24, 2.45) is 0 Å². The van der Waals surface area contributed by atoms with Crippen LogP contribution in [-0.4, -0.2) is 62.3 Å². The van der Waals surface area contributed by atoms with Crippen molar-refractivity contribution < 1.29 is 9.47 Å². The Morgan fingerprint density at radius 3 is 1.15 bits per heavy atom. The Labute approximate surface area is 285 Å². The lowest BCUT2D eigenvalue weighted by Crippen LogP contribution is -2.30. The van der Waals surface area contributed by atoms with Crippen LogP contribution in [0.4, 0.5) is 0 Å². The minimum absolute atomic E-state index is 0.670. The zero-order chi connectivity index (χ0) is 32.9. The summed E-state index contributed by atoms with van der Waals surface area (Å²) in [6, 6.07) is 17.7. The van der Waals surface area contributed by atoms with Gasteiger partial charge in [-0.25, -0.2) is 0 Å². The van der Waals surface area contributed by atoms with E-state index in [-0.39, 0.29) is 0 Å². The summed E-state index contributed by atoms with van der Waals surface area (Å²) in [5.41, 5.74) is 4.99. The Morgan fingerprint density at radius 1 is 0.413 bits per heavy atom. The maximum atomic E-state index is 6.21. The van der Waals surface area contributed by atoms with E-state index in [0.717, 1.165) is 26.3 Å². The second-order valence-electron chi connectivity index (χ2n) is 13.4. The fourth-order valence-corrected chi connectivity index (χ4v) is 6.17. The lowest BCUT2D eigenvalue weighted by molar-refractivity contribution is 0.0911. The molecule has 0 amide bonds. The molecule has 0 saturated carbocycles. The minimum Gasteiger partial charge on any atom is -0.375 e. The molecular weight excluding hydrogens is 564 g/mol. The van der Waals surface area contributed by atoms with E-state index in [4.69, 9.17) is 9.47 Å². The smallest absolute Gasteiger partial charge is 0.0717 e. The molecule has 0 atom stereocenters. The number of hydrogen-bond acceptors (Lipinski definition) is 4. The summed E-state index contributed by atoms with van der Waals surface area (Å²) in [4.78, 5) is 5.26. The molecule has 0 heterocycles. The molecule has 262 valence electrons. The highest BCUT2D eigenvalue weighted by molar-refractivity contribution is 5.64. The molecule has 0 bridgehead atoms. The molecule has 4 nitrogen and oxygen atoms in total. The predicted octanol–water partition coefficient (Wildman–Crippen LogP) is 11.3. The van der Waals surface area contributed by atoms with Gasteiger partial charge in [0.05, 0.1) is 26.4 Å². The molecule has 0 aliphatic rings. The van der Waals surface area contributed by atoms with Gasteiger partial charge in [0.1, 0.15) is 0 Å². The van der Waals surface area contributed by atoms with Crippen LogP contribution in [-0.2, 0) is 22.7 Å². The first-order valence-electron chi connectivity index (χ1n) is 19.5. The Balaban J connectivity index is 1.79. The van der Waals surface area contributed by atoms with E-state index in [1.807, 2.05) is 0 Å².